The fourth-order valence-electron chi connectivity index (χ4n) is 3.97. The number of H-pyrrole nitrogens is 1. The minimum absolute atomic E-state index is 0.0359. The van der Waals surface area contributed by atoms with E-state index in [1.807, 2.05) is 24.3 Å². The number of rotatable bonds is 2. The predicted octanol–water partition coefficient (Wildman–Crippen LogP) is 3.24. The molecule has 0 radical (unpaired) electrons. The Morgan fingerprint density at radius 3 is 2.32 bits per heavy atom. The number of nitrogens with zero attached hydrogens (tertiary/aromatic N) is 1. The van der Waals surface area contributed by atoms with E-state index < -0.39 is 0 Å². The number of hydrogen-bond donors (Lipinski definition) is 2. The summed E-state index contributed by atoms with van der Waals surface area (Å²) in [5.41, 5.74) is 1.84. The molecule has 1 amide bonds. The summed E-state index contributed by atoms with van der Waals surface area (Å²) >= 11 is 0. The van der Waals surface area contributed by atoms with Crippen LogP contribution >= 0.6 is 0 Å². The second kappa shape index (κ2) is 5.23. The van der Waals surface area contributed by atoms with Gasteiger partial charge in [0.15, 0.2) is 0 Å². The smallest absolute Gasteiger partial charge is 0.282 e. The van der Waals surface area contributed by atoms with Gasteiger partial charge in [-0.2, -0.15) is 0 Å². The van der Waals surface area contributed by atoms with E-state index in [4.69, 9.17) is 8.83 Å². The lowest BCUT2D eigenvalue weighted by atomic mass is 10.0. The minimum atomic E-state index is -0.317. The predicted molar refractivity (Wildman–Crippen MR) is 102 cm³/mol. The molecule has 4 heterocycles. The van der Waals surface area contributed by atoms with E-state index in [2.05, 4.69) is 9.98 Å². The van der Waals surface area contributed by atoms with Crippen LogP contribution in [0.3, 0.4) is 0 Å². The van der Waals surface area contributed by atoms with Crippen LogP contribution in [0.5, 0.6) is 5.88 Å². The number of fused-ring (bicyclic) bond motifs is 5. The summed E-state index contributed by atoms with van der Waals surface area (Å²) in [6.07, 6.45) is 3.11. The molecule has 6 rings (SSSR count). The number of hydrogen-bond acceptors (Lipinski definition) is 4. The van der Waals surface area contributed by atoms with Gasteiger partial charge in [0.1, 0.15) is 11.5 Å². The molecule has 6 nitrogen and oxygen atoms in total. The van der Waals surface area contributed by atoms with Gasteiger partial charge in [-0.25, -0.2) is 4.99 Å². The van der Waals surface area contributed by atoms with E-state index in [-0.39, 0.29) is 11.8 Å². The quantitative estimate of drug-likeness (QED) is 0.500. The van der Waals surface area contributed by atoms with Crippen molar-refractivity contribution < 1.29 is 18.7 Å². The van der Waals surface area contributed by atoms with Crippen LogP contribution in [0.4, 0.5) is 0 Å². The van der Waals surface area contributed by atoms with E-state index >= 15 is 0 Å². The van der Waals surface area contributed by atoms with Crippen LogP contribution in [0, 0.1) is 0 Å². The molecule has 0 fully saturated rings. The van der Waals surface area contributed by atoms with Gasteiger partial charge in [-0.3, -0.25) is 4.79 Å². The van der Waals surface area contributed by atoms with Crippen molar-refractivity contribution in [3.05, 3.63) is 77.4 Å². The number of carbonyl (C=O) groups is 1. The highest BCUT2D eigenvalue weighted by Gasteiger charge is 2.23. The van der Waals surface area contributed by atoms with E-state index in [1.165, 1.54) is 6.26 Å². The van der Waals surface area contributed by atoms with E-state index in [0.29, 0.717) is 28.0 Å². The van der Waals surface area contributed by atoms with Crippen molar-refractivity contribution in [3.8, 4) is 17.2 Å². The van der Waals surface area contributed by atoms with Crippen LogP contribution in [0.2, 0.25) is 0 Å². The Kier molecular flexibility index (Phi) is 2.81. The second-order valence-corrected chi connectivity index (χ2v) is 6.64. The van der Waals surface area contributed by atoms with Gasteiger partial charge in [0.2, 0.25) is 5.88 Å². The Morgan fingerprint density at radius 2 is 1.57 bits per heavy atom. The number of aromatic hydroxyl groups is 1. The average Bonchev–Trinajstić information content (AvgIpc) is 3.46. The number of benzene rings is 2. The lowest BCUT2D eigenvalue weighted by Crippen LogP contribution is -2.24. The van der Waals surface area contributed by atoms with Crippen LogP contribution in [0.1, 0.15) is 5.76 Å². The molecule has 1 aliphatic heterocycles. The highest BCUT2D eigenvalue weighted by atomic mass is 16.3. The SMILES string of the molecule is O=C1N=c2c(ccc3c2ccc2c(-c4ccco4)c(O)[nH]c23)=C1c1ccco1. The van der Waals surface area contributed by atoms with Crippen molar-refractivity contribution >= 4 is 33.2 Å². The zero-order chi connectivity index (χ0) is 18.8. The Morgan fingerprint density at radius 1 is 0.857 bits per heavy atom. The van der Waals surface area contributed by atoms with E-state index in [0.717, 1.165) is 26.9 Å². The topological polar surface area (TPSA) is 91.7 Å². The van der Waals surface area contributed by atoms with Crippen molar-refractivity contribution in [1.29, 1.82) is 0 Å². The van der Waals surface area contributed by atoms with Crippen molar-refractivity contribution in [3.63, 3.8) is 0 Å². The molecular weight excluding hydrogens is 356 g/mol. The molecule has 0 bridgehead atoms. The highest BCUT2D eigenvalue weighted by molar-refractivity contribution is 6.21. The Hall–Kier alpha value is -4.06. The van der Waals surface area contributed by atoms with Crippen molar-refractivity contribution in [2.45, 2.75) is 0 Å². The van der Waals surface area contributed by atoms with E-state index in [9.17, 15) is 9.90 Å². The van der Waals surface area contributed by atoms with Crippen LogP contribution in [0.15, 0.2) is 74.9 Å². The molecule has 2 N–H and O–H groups in total. The van der Waals surface area contributed by atoms with Gasteiger partial charge >= 0.3 is 0 Å². The summed E-state index contributed by atoms with van der Waals surface area (Å²) in [6.45, 7) is 0. The Bertz CT molecular complexity index is 1520. The van der Waals surface area contributed by atoms with Gasteiger partial charge in [0.25, 0.3) is 5.91 Å². The molecule has 1 aliphatic rings. The molecule has 0 aliphatic carbocycles. The molecule has 0 unspecified atom stereocenters. The summed E-state index contributed by atoms with van der Waals surface area (Å²) < 4.78 is 10.9. The highest BCUT2D eigenvalue weighted by Crippen LogP contribution is 2.39. The maximum Gasteiger partial charge on any atom is 0.282 e. The Labute approximate surface area is 157 Å². The lowest BCUT2D eigenvalue weighted by Gasteiger charge is -2.01. The molecule has 0 spiro atoms. The van der Waals surface area contributed by atoms with E-state index in [1.54, 1.807) is 30.5 Å². The number of furan rings is 2. The summed E-state index contributed by atoms with van der Waals surface area (Å²) in [7, 11) is 0. The standard InChI is InChI=1S/C22H12N2O4/c25-21-17(15-3-1-9-27-15)13-7-5-12-11(19(13)23-21)6-8-14-18(16-4-2-10-28-16)22(26)24-20(12)14/h1-10,23,25H. The molecule has 0 saturated heterocycles. The van der Waals surface area contributed by atoms with Gasteiger partial charge in [0, 0.05) is 21.4 Å². The largest absolute Gasteiger partial charge is 0.494 e. The van der Waals surface area contributed by atoms with Crippen LogP contribution in [0.25, 0.3) is 38.6 Å². The molecular formula is C22H12N2O4. The van der Waals surface area contributed by atoms with Crippen LogP contribution < -0.4 is 10.6 Å². The third kappa shape index (κ3) is 1.86. The third-order valence-corrected chi connectivity index (χ3v) is 5.15. The number of carbonyl (C=O) groups excluding carboxylic acids is 1. The van der Waals surface area contributed by atoms with Crippen LogP contribution in [-0.4, -0.2) is 16.0 Å². The summed E-state index contributed by atoms with van der Waals surface area (Å²) in [5.74, 6) is 0.806. The van der Waals surface area contributed by atoms with Crippen molar-refractivity contribution in [1.82, 2.24) is 4.98 Å². The van der Waals surface area contributed by atoms with Gasteiger partial charge in [0.05, 0.1) is 34.5 Å². The molecule has 2 aromatic carbocycles. The van der Waals surface area contributed by atoms with Gasteiger partial charge in [-0.05, 0) is 24.3 Å². The minimum Gasteiger partial charge on any atom is -0.494 e. The summed E-state index contributed by atoms with van der Waals surface area (Å²) in [6, 6.07) is 14.7. The van der Waals surface area contributed by atoms with Gasteiger partial charge < -0.3 is 18.9 Å². The number of nitrogens with one attached hydrogen (secondary N) is 1. The Balaban J connectivity index is 1.72. The number of aromatic amines is 1. The number of amides is 1. The summed E-state index contributed by atoms with van der Waals surface area (Å²) in [5, 5.41) is 14.3. The monoisotopic (exact) mass is 368 g/mol. The molecule has 0 atom stereocenters. The maximum absolute atomic E-state index is 12.5. The molecule has 0 saturated carbocycles. The lowest BCUT2D eigenvalue weighted by molar-refractivity contribution is -0.112. The zero-order valence-electron chi connectivity index (χ0n) is 14.4. The first-order chi connectivity index (χ1) is 13.7. The van der Waals surface area contributed by atoms with Gasteiger partial charge in [-0.1, -0.05) is 24.3 Å². The average molecular weight is 368 g/mol. The molecule has 6 heteroatoms. The van der Waals surface area contributed by atoms with Crippen molar-refractivity contribution in [2.24, 2.45) is 4.99 Å². The third-order valence-electron chi connectivity index (χ3n) is 5.15. The molecule has 3 aromatic heterocycles. The number of aromatic nitrogens is 1. The fourth-order valence-corrected chi connectivity index (χ4v) is 3.97. The first-order valence-electron chi connectivity index (χ1n) is 8.74. The van der Waals surface area contributed by atoms with Crippen LogP contribution in [-0.2, 0) is 4.79 Å². The first kappa shape index (κ1) is 15.0. The zero-order valence-corrected chi connectivity index (χ0v) is 14.4. The second-order valence-electron chi connectivity index (χ2n) is 6.64. The maximum atomic E-state index is 12.5. The molecule has 134 valence electrons. The van der Waals surface area contributed by atoms with Crippen molar-refractivity contribution in [2.75, 3.05) is 0 Å². The normalized spacial score (nSPS) is 13.4. The molecule has 5 aromatic rings. The van der Waals surface area contributed by atoms with Gasteiger partial charge in [-0.15, -0.1) is 0 Å². The fraction of sp³-hybridized carbons (Fsp3) is 0. The molecule has 28 heavy (non-hydrogen) atoms. The summed E-state index contributed by atoms with van der Waals surface area (Å²) in [4.78, 5) is 19.8. The first-order valence-corrected chi connectivity index (χ1v) is 8.74.